The summed E-state index contributed by atoms with van der Waals surface area (Å²) in [5.74, 6) is 0.230. The second-order valence-electron chi connectivity index (χ2n) is 11.2. The zero-order valence-electron chi connectivity index (χ0n) is 23.4. The Balaban J connectivity index is 1.60. The van der Waals surface area contributed by atoms with Gasteiger partial charge >= 0.3 is 0 Å². The molecule has 206 valence electrons. The summed E-state index contributed by atoms with van der Waals surface area (Å²) < 4.78 is 35.5. The molecular weight excluding hydrogens is 520 g/mol. The van der Waals surface area contributed by atoms with E-state index in [1.165, 1.54) is 0 Å². The number of benzene rings is 3. The molecule has 0 saturated heterocycles. The molecule has 5 rings (SSSR count). The summed E-state index contributed by atoms with van der Waals surface area (Å²) in [6.45, 7) is 10.9. The van der Waals surface area contributed by atoms with Crippen LogP contribution < -0.4 is 14.8 Å². The number of fused-ring (bicyclic) bond motifs is 4. The molecule has 0 radical (unpaired) electrons. The first-order chi connectivity index (χ1) is 19.0. The Bertz CT molecular complexity index is 1650. The van der Waals surface area contributed by atoms with Gasteiger partial charge in [-0.2, -0.15) is 4.98 Å². The molecule has 1 atom stereocenters. The number of allylic oxidation sites excluding steroid dienone is 1. The molecule has 1 aromatic heterocycles. The van der Waals surface area contributed by atoms with Gasteiger partial charge in [0.25, 0.3) is 10.0 Å². The quantitative estimate of drug-likeness (QED) is 0.279. The molecule has 1 aliphatic rings. The largest absolute Gasteiger partial charge is 0.467 e. The highest BCUT2D eigenvalue weighted by Gasteiger charge is 2.22. The van der Waals surface area contributed by atoms with Crippen LogP contribution >= 0.6 is 0 Å². The van der Waals surface area contributed by atoms with E-state index in [9.17, 15) is 8.42 Å². The maximum Gasteiger partial charge on any atom is 0.264 e. The van der Waals surface area contributed by atoms with Gasteiger partial charge in [-0.05, 0) is 59.7 Å². The molecule has 40 heavy (non-hydrogen) atoms. The third kappa shape index (κ3) is 6.34. The van der Waals surface area contributed by atoms with E-state index in [4.69, 9.17) is 4.74 Å². The smallest absolute Gasteiger partial charge is 0.264 e. The molecule has 0 unspecified atom stereocenters. The fourth-order valence-corrected chi connectivity index (χ4v) is 5.57. The third-order valence-corrected chi connectivity index (χ3v) is 7.97. The Kier molecular flexibility index (Phi) is 7.38. The van der Waals surface area contributed by atoms with Gasteiger partial charge in [0.05, 0.1) is 17.1 Å². The average Bonchev–Trinajstić information content (AvgIpc) is 2.89. The van der Waals surface area contributed by atoms with Crippen LogP contribution in [0.2, 0.25) is 0 Å². The number of sulfonamides is 1. The van der Waals surface area contributed by atoms with Crippen LogP contribution in [-0.2, 0) is 10.0 Å². The van der Waals surface area contributed by atoms with Crippen LogP contribution in [-0.4, -0.2) is 24.9 Å². The van der Waals surface area contributed by atoms with Crippen molar-refractivity contribution in [3.63, 3.8) is 0 Å². The van der Waals surface area contributed by atoms with Crippen LogP contribution in [0.25, 0.3) is 17.3 Å². The van der Waals surface area contributed by atoms with E-state index in [1.54, 1.807) is 24.3 Å². The summed E-state index contributed by atoms with van der Waals surface area (Å²) >= 11 is 0. The van der Waals surface area contributed by atoms with Crippen molar-refractivity contribution in [1.82, 2.24) is 9.97 Å². The number of ether oxygens (including phenoxy) is 1. The number of aryl methyl sites for hydroxylation is 2. The van der Waals surface area contributed by atoms with E-state index < -0.39 is 16.1 Å². The SMILES string of the molecule is Cc1cccc(C)c1-c1cc2nc(n1)NS(=O)(=O)c1cccc(c1)NC[C@@H](c1ccc(/C=C/C(C)(C)C)cc1)O2. The summed E-state index contributed by atoms with van der Waals surface area (Å²) in [6.07, 6.45) is 3.89. The van der Waals surface area contributed by atoms with Crippen molar-refractivity contribution < 1.29 is 13.2 Å². The summed E-state index contributed by atoms with van der Waals surface area (Å²) in [6, 6.07) is 22.7. The number of anilines is 2. The predicted molar refractivity (Wildman–Crippen MR) is 161 cm³/mol. The van der Waals surface area contributed by atoms with Gasteiger partial charge in [0.1, 0.15) is 6.10 Å². The lowest BCUT2D eigenvalue weighted by Gasteiger charge is -2.22. The standard InChI is InChI=1S/C32H34N4O3S/c1-21-8-6-9-22(2)30(21)27-19-29-35-31(34-27)36-40(37,38)26-11-7-10-25(18-26)33-20-28(39-29)24-14-12-23(13-15-24)16-17-32(3,4)5/h6-19,28,33H,20H2,1-5H3,(H,34,35,36)/b17-16+/t28-/m0/s1. The number of nitrogens with one attached hydrogen (secondary N) is 2. The van der Waals surface area contributed by atoms with Crippen molar-refractivity contribution in [2.75, 3.05) is 16.6 Å². The summed E-state index contributed by atoms with van der Waals surface area (Å²) in [5, 5.41) is 3.35. The average molecular weight is 555 g/mol. The first-order valence-electron chi connectivity index (χ1n) is 13.3. The number of nitrogens with zero attached hydrogens (tertiary/aromatic N) is 2. The second-order valence-corrected chi connectivity index (χ2v) is 12.9. The van der Waals surface area contributed by atoms with Gasteiger partial charge < -0.3 is 10.1 Å². The molecule has 4 aromatic rings. The van der Waals surface area contributed by atoms with Crippen LogP contribution in [0, 0.1) is 19.3 Å². The molecule has 1 aliphatic heterocycles. The molecule has 3 aromatic carbocycles. The van der Waals surface area contributed by atoms with Crippen LogP contribution in [0.4, 0.5) is 11.6 Å². The lowest BCUT2D eigenvalue weighted by molar-refractivity contribution is 0.210. The lowest BCUT2D eigenvalue weighted by atomic mass is 9.95. The van der Waals surface area contributed by atoms with Crippen LogP contribution in [0.1, 0.15) is 49.1 Å². The molecule has 0 fully saturated rings. The Morgan fingerprint density at radius 1 is 0.925 bits per heavy atom. The summed E-state index contributed by atoms with van der Waals surface area (Å²) in [7, 11) is -3.93. The maximum atomic E-state index is 13.2. The zero-order chi connectivity index (χ0) is 28.5. The molecule has 0 saturated carbocycles. The Labute approximate surface area is 236 Å². The van der Waals surface area contributed by atoms with Gasteiger partial charge in [0.15, 0.2) is 0 Å². The van der Waals surface area contributed by atoms with Gasteiger partial charge in [-0.15, -0.1) is 0 Å². The lowest BCUT2D eigenvalue weighted by Crippen LogP contribution is -2.21. The molecule has 2 heterocycles. The van der Waals surface area contributed by atoms with Gasteiger partial charge in [-0.25, -0.2) is 18.1 Å². The first-order valence-corrected chi connectivity index (χ1v) is 14.7. The molecule has 4 bridgehead atoms. The van der Waals surface area contributed by atoms with Crippen LogP contribution in [0.15, 0.2) is 83.8 Å². The molecule has 7 nitrogen and oxygen atoms in total. The fraction of sp³-hybridized carbons (Fsp3) is 0.250. The van der Waals surface area contributed by atoms with E-state index >= 15 is 0 Å². The van der Waals surface area contributed by atoms with E-state index in [0.29, 0.717) is 17.9 Å². The number of aromatic nitrogens is 2. The predicted octanol–water partition coefficient (Wildman–Crippen LogP) is 7.17. The Hall–Kier alpha value is -4.17. The highest BCUT2D eigenvalue weighted by molar-refractivity contribution is 7.92. The summed E-state index contributed by atoms with van der Waals surface area (Å²) in [4.78, 5) is 9.20. The number of rotatable bonds is 3. The minimum atomic E-state index is -3.93. The first kappa shape index (κ1) is 27.4. The van der Waals surface area contributed by atoms with Gasteiger partial charge in [0, 0.05) is 17.3 Å². The van der Waals surface area contributed by atoms with Crippen LogP contribution in [0.5, 0.6) is 5.88 Å². The van der Waals surface area contributed by atoms with Crippen molar-refractivity contribution >= 4 is 27.7 Å². The van der Waals surface area contributed by atoms with Gasteiger partial charge in [-0.1, -0.05) is 81.5 Å². The monoisotopic (exact) mass is 554 g/mol. The zero-order valence-corrected chi connectivity index (χ0v) is 24.2. The summed E-state index contributed by atoms with van der Waals surface area (Å²) in [5.41, 5.74) is 6.35. The molecule has 0 aliphatic carbocycles. The highest BCUT2D eigenvalue weighted by Crippen LogP contribution is 2.32. The Morgan fingerprint density at radius 2 is 1.62 bits per heavy atom. The molecule has 0 spiro atoms. The van der Waals surface area contributed by atoms with Gasteiger partial charge in [-0.3, -0.25) is 0 Å². The van der Waals surface area contributed by atoms with E-state index in [2.05, 4.69) is 65.1 Å². The normalized spacial score (nSPS) is 16.7. The second kappa shape index (κ2) is 10.8. The Morgan fingerprint density at radius 3 is 2.33 bits per heavy atom. The van der Waals surface area contributed by atoms with Crippen molar-refractivity contribution in [2.45, 2.75) is 45.6 Å². The van der Waals surface area contributed by atoms with Gasteiger partial charge in [0.2, 0.25) is 11.8 Å². The minimum absolute atomic E-state index is 0.0458. The third-order valence-electron chi connectivity index (χ3n) is 6.65. The molecule has 0 amide bonds. The van der Waals surface area contributed by atoms with Crippen molar-refractivity contribution in [1.29, 1.82) is 0 Å². The highest BCUT2D eigenvalue weighted by atomic mass is 32.2. The minimum Gasteiger partial charge on any atom is -0.467 e. The molecule has 2 N–H and O–H groups in total. The number of hydrogen-bond acceptors (Lipinski definition) is 6. The van der Waals surface area contributed by atoms with E-state index in [-0.39, 0.29) is 22.1 Å². The molecule has 8 heteroatoms. The van der Waals surface area contributed by atoms with Crippen molar-refractivity contribution in [2.24, 2.45) is 5.41 Å². The number of hydrogen-bond donors (Lipinski definition) is 2. The van der Waals surface area contributed by atoms with Crippen LogP contribution in [0.3, 0.4) is 0 Å². The maximum absolute atomic E-state index is 13.2. The molecular formula is C32H34N4O3S. The van der Waals surface area contributed by atoms with E-state index in [0.717, 1.165) is 27.8 Å². The topological polar surface area (TPSA) is 93.2 Å². The van der Waals surface area contributed by atoms with E-state index in [1.807, 2.05) is 50.2 Å². The van der Waals surface area contributed by atoms with Crippen molar-refractivity contribution in [3.05, 3.63) is 101 Å². The fourth-order valence-electron chi connectivity index (χ4n) is 4.58. The van der Waals surface area contributed by atoms with Crippen molar-refractivity contribution in [3.8, 4) is 17.1 Å².